The number of aliphatic carboxylic acids is 1. The molecular formula is C19H26N2O3. The first kappa shape index (κ1) is 18.0. The largest absolute Gasteiger partial charge is 0.481 e. The number of carbonyl (C=O) groups is 2. The number of allylic oxidation sites excluding steroid dienone is 1. The number of amides is 1. The summed E-state index contributed by atoms with van der Waals surface area (Å²) in [6, 6.07) is 8.14. The molecule has 0 saturated carbocycles. The van der Waals surface area contributed by atoms with Crippen molar-refractivity contribution in [2.45, 2.75) is 33.2 Å². The number of nitrogens with zero attached hydrogens (tertiary/aromatic N) is 2. The standard InChI is InChI=1S/C19H26N2O3/c1-14(2)11-18(22)20(3)13-15-5-4-6-17(12-15)21-9-7-16(8-10-21)19(23)24/h4-6,11-12,16H,7-10,13H2,1-3H3,(H,23,24). The zero-order chi connectivity index (χ0) is 17.7. The Balaban J connectivity index is 2.00. The molecule has 0 atom stereocenters. The molecule has 0 spiro atoms. The fraction of sp³-hybridized carbons (Fsp3) is 0.474. The van der Waals surface area contributed by atoms with Gasteiger partial charge in [0.15, 0.2) is 0 Å². The Hall–Kier alpha value is -2.30. The first-order chi connectivity index (χ1) is 11.4. The van der Waals surface area contributed by atoms with E-state index in [-0.39, 0.29) is 11.8 Å². The molecule has 1 aliphatic rings. The highest BCUT2D eigenvalue weighted by molar-refractivity contribution is 5.87. The number of carboxylic acid groups (broad SMARTS) is 1. The minimum atomic E-state index is -0.692. The van der Waals surface area contributed by atoms with Gasteiger partial charge in [0.05, 0.1) is 5.92 Å². The van der Waals surface area contributed by atoms with Crippen molar-refractivity contribution in [3.63, 3.8) is 0 Å². The number of piperidine rings is 1. The van der Waals surface area contributed by atoms with Gasteiger partial charge in [0.25, 0.3) is 0 Å². The Morgan fingerprint density at radius 3 is 2.54 bits per heavy atom. The predicted molar refractivity (Wildman–Crippen MR) is 94.9 cm³/mol. The normalized spacial score (nSPS) is 15.0. The SMILES string of the molecule is CC(C)=CC(=O)N(C)Cc1cccc(N2CCC(C(=O)O)CC2)c1. The smallest absolute Gasteiger partial charge is 0.306 e. The maximum absolute atomic E-state index is 12.0. The predicted octanol–water partition coefficient (Wildman–Crippen LogP) is 2.91. The van der Waals surface area contributed by atoms with Gasteiger partial charge in [-0.05, 0) is 44.4 Å². The number of carboxylic acids is 1. The summed E-state index contributed by atoms with van der Waals surface area (Å²) in [5.41, 5.74) is 3.16. The molecule has 0 aromatic heterocycles. The second kappa shape index (κ2) is 7.99. The van der Waals surface area contributed by atoms with E-state index >= 15 is 0 Å². The molecule has 1 amide bonds. The van der Waals surface area contributed by atoms with Crippen molar-refractivity contribution < 1.29 is 14.7 Å². The molecule has 1 aromatic carbocycles. The molecule has 0 aliphatic carbocycles. The molecule has 1 heterocycles. The number of benzene rings is 1. The van der Waals surface area contributed by atoms with Crippen LogP contribution in [0.15, 0.2) is 35.9 Å². The Bertz CT molecular complexity index is 627. The van der Waals surface area contributed by atoms with Gasteiger partial charge in [0.1, 0.15) is 0 Å². The summed E-state index contributed by atoms with van der Waals surface area (Å²) in [7, 11) is 1.80. The Kier molecular flexibility index (Phi) is 6.01. The van der Waals surface area contributed by atoms with Crippen LogP contribution in [0.25, 0.3) is 0 Å². The van der Waals surface area contributed by atoms with Crippen molar-refractivity contribution in [3.05, 3.63) is 41.5 Å². The lowest BCUT2D eigenvalue weighted by Crippen LogP contribution is -2.36. The number of rotatable bonds is 5. The molecular weight excluding hydrogens is 304 g/mol. The van der Waals surface area contributed by atoms with E-state index in [1.54, 1.807) is 18.0 Å². The van der Waals surface area contributed by atoms with Crippen molar-refractivity contribution in [2.75, 3.05) is 25.0 Å². The van der Waals surface area contributed by atoms with E-state index in [2.05, 4.69) is 11.0 Å². The summed E-state index contributed by atoms with van der Waals surface area (Å²) in [6.07, 6.45) is 3.00. The summed E-state index contributed by atoms with van der Waals surface area (Å²) < 4.78 is 0. The highest BCUT2D eigenvalue weighted by Crippen LogP contribution is 2.24. The molecule has 0 bridgehead atoms. The third-order valence-corrected chi connectivity index (χ3v) is 4.33. The van der Waals surface area contributed by atoms with E-state index in [1.807, 2.05) is 32.0 Å². The third kappa shape index (κ3) is 4.85. The summed E-state index contributed by atoms with van der Waals surface area (Å²) in [5, 5.41) is 9.09. The van der Waals surface area contributed by atoms with Gasteiger partial charge in [-0.2, -0.15) is 0 Å². The highest BCUT2D eigenvalue weighted by atomic mass is 16.4. The minimum absolute atomic E-state index is 0.00248. The van der Waals surface area contributed by atoms with Crippen LogP contribution in [0.5, 0.6) is 0 Å². The van der Waals surface area contributed by atoms with Gasteiger partial charge in [0.2, 0.25) is 5.91 Å². The van der Waals surface area contributed by atoms with E-state index in [0.29, 0.717) is 19.4 Å². The molecule has 5 nitrogen and oxygen atoms in total. The number of anilines is 1. The van der Waals surface area contributed by atoms with Crippen LogP contribution in [-0.4, -0.2) is 42.0 Å². The zero-order valence-corrected chi connectivity index (χ0v) is 14.7. The molecule has 24 heavy (non-hydrogen) atoms. The van der Waals surface area contributed by atoms with Crippen molar-refractivity contribution in [1.29, 1.82) is 0 Å². The summed E-state index contributed by atoms with van der Waals surface area (Å²) >= 11 is 0. The topological polar surface area (TPSA) is 60.9 Å². The molecule has 2 rings (SSSR count). The lowest BCUT2D eigenvalue weighted by atomic mass is 9.96. The van der Waals surface area contributed by atoms with E-state index in [9.17, 15) is 9.59 Å². The molecule has 5 heteroatoms. The van der Waals surface area contributed by atoms with Gasteiger partial charge in [-0.1, -0.05) is 17.7 Å². The summed E-state index contributed by atoms with van der Waals surface area (Å²) in [6.45, 7) is 5.89. The molecule has 130 valence electrons. The second-order valence-corrected chi connectivity index (χ2v) is 6.69. The quantitative estimate of drug-likeness (QED) is 0.843. The van der Waals surface area contributed by atoms with Gasteiger partial charge in [-0.25, -0.2) is 0 Å². The van der Waals surface area contributed by atoms with E-state index in [0.717, 1.165) is 29.9 Å². The van der Waals surface area contributed by atoms with Crippen molar-refractivity contribution >= 4 is 17.6 Å². The molecule has 0 unspecified atom stereocenters. The number of hydrogen-bond donors (Lipinski definition) is 1. The van der Waals surface area contributed by atoms with Crippen LogP contribution in [0.2, 0.25) is 0 Å². The minimum Gasteiger partial charge on any atom is -0.481 e. The van der Waals surface area contributed by atoms with Crippen LogP contribution in [0.3, 0.4) is 0 Å². The lowest BCUT2D eigenvalue weighted by Gasteiger charge is -2.32. The Labute approximate surface area is 143 Å². The first-order valence-electron chi connectivity index (χ1n) is 8.33. The first-order valence-corrected chi connectivity index (χ1v) is 8.33. The van der Waals surface area contributed by atoms with Gasteiger partial charge in [-0.15, -0.1) is 0 Å². The number of hydrogen-bond acceptors (Lipinski definition) is 3. The lowest BCUT2D eigenvalue weighted by molar-refractivity contribution is -0.142. The fourth-order valence-corrected chi connectivity index (χ4v) is 2.95. The van der Waals surface area contributed by atoms with Gasteiger partial charge < -0.3 is 14.9 Å². The number of carbonyl (C=O) groups excluding carboxylic acids is 1. The van der Waals surface area contributed by atoms with Crippen molar-refractivity contribution in [1.82, 2.24) is 4.90 Å². The second-order valence-electron chi connectivity index (χ2n) is 6.69. The van der Waals surface area contributed by atoms with Crippen LogP contribution < -0.4 is 4.90 Å². The van der Waals surface area contributed by atoms with Crippen LogP contribution in [0, 0.1) is 5.92 Å². The van der Waals surface area contributed by atoms with Crippen LogP contribution in [0.1, 0.15) is 32.3 Å². The monoisotopic (exact) mass is 330 g/mol. The molecule has 1 aliphatic heterocycles. The molecule has 0 radical (unpaired) electrons. The Morgan fingerprint density at radius 2 is 1.96 bits per heavy atom. The van der Waals surface area contributed by atoms with Gasteiger partial charge >= 0.3 is 5.97 Å². The summed E-state index contributed by atoms with van der Waals surface area (Å²) in [5.74, 6) is -0.914. The molecule has 1 N–H and O–H groups in total. The average molecular weight is 330 g/mol. The highest BCUT2D eigenvalue weighted by Gasteiger charge is 2.24. The van der Waals surface area contributed by atoms with Crippen LogP contribution >= 0.6 is 0 Å². The van der Waals surface area contributed by atoms with Crippen LogP contribution in [-0.2, 0) is 16.1 Å². The van der Waals surface area contributed by atoms with Crippen molar-refractivity contribution in [3.8, 4) is 0 Å². The van der Waals surface area contributed by atoms with E-state index in [4.69, 9.17) is 5.11 Å². The maximum atomic E-state index is 12.0. The average Bonchev–Trinajstić information content (AvgIpc) is 2.54. The van der Waals surface area contributed by atoms with E-state index < -0.39 is 5.97 Å². The number of likely N-dealkylation sites (N-methyl/N-ethyl adjacent to an activating group) is 1. The fourth-order valence-electron chi connectivity index (χ4n) is 2.95. The summed E-state index contributed by atoms with van der Waals surface area (Å²) in [4.78, 5) is 27.0. The zero-order valence-electron chi connectivity index (χ0n) is 14.7. The maximum Gasteiger partial charge on any atom is 0.306 e. The van der Waals surface area contributed by atoms with Gasteiger partial charge in [0, 0.05) is 38.4 Å². The third-order valence-electron chi connectivity index (χ3n) is 4.33. The Morgan fingerprint density at radius 1 is 1.29 bits per heavy atom. The van der Waals surface area contributed by atoms with Crippen LogP contribution in [0.4, 0.5) is 5.69 Å². The van der Waals surface area contributed by atoms with E-state index in [1.165, 1.54) is 0 Å². The van der Waals surface area contributed by atoms with Crippen molar-refractivity contribution in [2.24, 2.45) is 5.92 Å². The van der Waals surface area contributed by atoms with Gasteiger partial charge in [-0.3, -0.25) is 9.59 Å². The molecule has 1 fully saturated rings. The molecule has 1 saturated heterocycles. The molecule has 1 aromatic rings.